The van der Waals surface area contributed by atoms with Gasteiger partial charge in [-0.25, -0.2) is 4.68 Å². The number of benzene rings is 1. The monoisotopic (exact) mass is 232 g/mol. The van der Waals surface area contributed by atoms with E-state index in [1.165, 1.54) is 10.9 Å². The molecule has 5 heteroatoms. The highest BCUT2D eigenvalue weighted by molar-refractivity contribution is 6.30. The number of hydrogen-bond donors (Lipinski definition) is 1. The number of aromatic nitrogens is 2. The topological polar surface area (TPSA) is 67.6 Å². The Morgan fingerprint density at radius 2 is 2.25 bits per heavy atom. The first-order valence-corrected chi connectivity index (χ1v) is 5.01. The summed E-state index contributed by atoms with van der Waals surface area (Å²) in [6.45, 7) is 1.91. The summed E-state index contributed by atoms with van der Waals surface area (Å²) in [5, 5.41) is 13.5. The van der Waals surface area contributed by atoms with E-state index in [4.69, 9.17) is 22.6 Å². The first-order valence-electron chi connectivity index (χ1n) is 4.63. The van der Waals surface area contributed by atoms with Crippen molar-refractivity contribution in [1.82, 2.24) is 9.78 Å². The molecule has 16 heavy (non-hydrogen) atoms. The lowest BCUT2D eigenvalue weighted by atomic mass is 10.2. The molecule has 1 aromatic carbocycles. The molecule has 0 unspecified atom stereocenters. The molecule has 0 bridgehead atoms. The van der Waals surface area contributed by atoms with Gasteiger partial charge in [0.15, 0.2) is 0 Å². The summed E-state index contributed by atoms with van der Waals surface area (Å²) in [5.41, 5.74) is 7.94. The summed E-state index contributed by atoms with van der Waals surface area (Å²) >= 11 is 5.86. The largest absolute Gasteiger partial charge is 0.382 e. The van der Waals surface area contributed by atoms with Gasteiger partial charge in [0.2, 0.25) is 0 Å². The quantitative estimate of drug-likeness (QED) is 0.820. The summed E-state index contributed by atoms with van der Waals surface area (Å²) in [4.78, 5) is 0. The van der Waals surface area contributed by atoms with Crippen LogP contribution < -0.4 is 5.73 Å². The van der Waals surface area contributed by atoms with Crippen molar-refractivity contribution in [3.63, 3.8) is 0 Å². The van der Waals surface area contributed by atoms with Gasteiger partial charge in [0.05, 0.1) is 11.9 Å². The van der Waals surface area contributed by atoms with Crippen LogP contribution in [0.15, 0.2) is 24.4 Å². The van der Waals surface area contributed by atoms with Crippen LogP contribution in [0.2, 0.25) is 5.02 Å². The second-order valence-electron chi connectivity index (χ2n) is 3.40. The average Bonchev–Trinajstić information content (AvgIpc) is 2.60. The van der Waals surface area contributed by atoms with E-state index in [9.17, 15) is 0 Å². The molecule has 0 aliphatic heterocycles. The van der Waals surface area contributed by atoms with E-state index >= 15 is 0 Å². The number of nitrogens with two attached hydrogens (primary N) is 1. The third kappa shape index (κ3) is 1.62. The predicted molar refractivity (Wildman–Crippen MR) is 62.4 cm³/mol. The highest BCUT2D eigenvalue weighted by Crippen LogP contribution is 2.22. The van der Waals surface area contributed by atoms with Gasteiger partial charge >= 0.3 is 0 Å². The molecule has 2 aromatic rings. The smallest absolute Gasteiger partial charge is 0.145 e. The van der Waals surface area contributed by atoms with Gasteiger partial charge in [-0.05, 0) is 30.7 Å². The minimum atomic E-state index is 0.341. The summed E-state index contributed by atoms with van der Waals surface area (Å²) in [6.07, 6.45) is 1.45. The minimum absolute atomic E-state index is 0.341. The number of nitrogen functional groups attached to an aromatic ring is 1. The molecule has 2 rings (SSSR count). The second kappa shape index (κ2) is 3.87. The van der Waals surface area contributed by atoms with Crippen LogP contribution in [0.3, 0.4) is 0 Å². The molecule has 0 saturated carbocycles. The Balaban J connectivity index is 2.60. The Kier molecular flexibility index (Phi) is 2.55. The van der Waals surface area contributed by atoms with Crippen LogP contribution in [0.25, 0.3) is 5.69 Å². The minimum Gasteiger partial charge on any atom is -0.382 e. The lowest BCUT2D eigenvalue weighted by Crippen LogP contribution is -2.04. The van der Waals surface area contributed by atoms with E-state index in [0.29, 0.717) is 16.4 Å². The fourth-order valence-electron chi connectivity index (χ4n) is 1.49. The number of anilines is 1. The molecule has 1 aromatic heterocycles. The molecule has 1 heterocycles. The van der Waals surface area contributed by atoms with Gasteiger partial charge < -0.3 is 5.73 Å². The van der Waals surface area contributed by atoms with Crippen molar-refractivity contribution < 1.29 is 0 Å². The standard InChI is InChI=1S/C11H9ClN4/c1-7-4-9(12)2-3-10(7)16-11(14)8(5-13)6-15-16/h2-4,6H,14H2,1H3. The predicted octanol–water partition coefficient (Wildman–Crippen LogP) is 2.29. The molecule has 0 fully saturated rings. The van der Waals surface area contributed by atoms with Gasteiger partial charge in [0.1, 0.15) is 17.5 Å². The van der Waals surface area contributed by atoms with E-state index in [1.54, 1.807) is 6.07 Å². The maximum Gasteiger partial charge on any atom is 0.145 e. The van der Waals surface area contributed by atoms with Crippen molar-refractivity contribution in [3.05, 3.63) is 40.5 Å². The Bertz CT molecular complexity index is 580. The average molecular weight is 233 g/mol. The van der Waals surface area contributed by atoms with Crippen molar-refractivity contribution in [3.8, 4) is 11.8 Å². The van der Waals surface area contributed by atoms with Crippen molar-refractivity contribution in [2.24, 2.45) is 0 Å². The number of nitriles is 1. The summed E-state index contributed by atoms with van der Waals surface area (Å²) < 4.78 is 1.53. The molecular weight excluding hydrogens is 224 g/mol. The molecule has 0 aliphatic rings. The number of aryl methyl sites for hydroxylation is 1. The Labute approximate surface area is 97.9 Å². The van der Waals surface area contributed by atoms with E-state index in [0.717, 1.165) is 11.3 Å². The van der Waals surface area contributed by atoms with Crippen LogP contribution in [0, 0.1) is 18.3 Å². The third-order valence-electron chi connectivity index (χ3n) is 2.31. The van der Waals surface area contributed by atoms with Crippen LogP contribution in [0.4, 0.5) is 5.82 Å². The number of nitrogens with zero attached hydrogens (tertiary/aromatic N) is 3. The van der Waals surface area contributed by atoms with Gasteiger partial charge in [-0.2, -0.15) is 10.4 Å². The summed E-state index contributed by atoms with van der Waals surface area (Å²) in [5.74, 6) is 0.341. The second-order valence-corrected chi connectivity index (χ2v) is 3.83. The summed E-state index contributed by atoms with van der Waals surface area (Å²) in [7, 11) is 0. The zero-order valence-corrected chi connectivity index (χ0v) is 9.36. The Morgan fingerprint density at radius 1 is 1.50 bits per heavy atom. The van der Waals surface area contributed by atoms with Crippen LogP contribution in [-0.4, -0.2) is 9.78 Å². The van der Waals surface area contributed by atoms with Crippen molar-refractivity contribution >= 4 is 17.4 Å². The van der Waals surface area contributed by atoms with Gasteiger partial charge in [0.25, 0.3) is 0 Å². The van der Waals surface area contributed by atoms with Gasteiger partial charge in [-0.3, -0.25) is 0 Å². The highest BCUT2D eigenvalue weighted by Gasteiger charge is 2.10. The summed E-state index contributed by atoms with van der Waals surface area (Å²) in [6, 6.07) is 7.39. The molecular formula is C11H9ClN4. The number of hydrogen-bond acceptors (Lipinski definition) is 3. The zero-order chi connectivity index (χ0) is 11.7. The molecule has 80 valence electrons. The van der Waals surface area contributed by atoms with E-state index in [-0.39, 0.29) is 0 Å². The van der Waals surface area contributed by atoms with Crippen molar-refractivity contribution in [2.75, 3.05) is 5.73 Å². The van der Waals surface area contributed by atoms with Crippen LogP contribution in [0.5, 0.6) is 0 Å². The number of rotatable bonds is 1. The molecule has 0 aliphatic carbocycles. The molecule has 0 amide bonds. The first-order chi connectivity index (χ1) is 7.63. The first kappa shape index (κ1) is 10.5. The lowest BCUT2D eigenvalue weighted by molar-refractivity contribution is 0.883. The molecule has 0 radical (unpaired) electrons. The number of halogens is 1. The molecule has 0 saturated heterocycles. The SMILES string of the molecule is Cc1cc(Cl)ccc1-n1ncc(C#N)c1N. The van der Waals surface area contributed by atoms with Crippen LogP contribution in [0.1, 0.15) is 11.1 Å². The molecule has 0 atom stereocenters. The third-order valence-corrected chi connectivity index (χ3v) is 2.55. The van der Waals surface area contributed by atoms with Gasteiger partial charge in [-0.1, -0.05) is 11.6 Å². The van der Waals surface area contributed by atoms with E-state index < -0.39 is 0 Å². The maximum atomic E-state index is 8.79. The lowest BCUT2D eigenvalue weighted by Gasteiger charge is -2.07. The molecule has 0 spiro atoms. The van der Waals surface area contributed by atoms with E-state index in [1.807, 2.05) is 25.1 Å². The van der Waals surface area contributed by atoms with Gasteiger partial charge in [-0.15, -0.1) is 0 Å². The maximum absolute atomic E-state index is 8.79. The fourth-order valence-corrected chi connectivity index (χ4v) is 1.72. The highest BCUT2D eigenvalue weighted by atomic mass is 35.5. The normalized spacial score (nSPS) is 10.1. The molecule has 4 nitrogen and oxygen atoms in total. The molecule has 2 N–H and O–H groups in total. The Morgan fingerprint density at radius 3 is 2.81 bits per heavy atom. The van der Waals surface area contributed by atoms with Crippen LogP contribution in [-0.2, 0) is 0 Å². The van der Waals surface area contributed by atoms with Gasteiger partial charge in [0, 0.05) is 5.02 Å². The Hall–Kier alpha value is -1.99. The van der Waals surface area contributed by atoms with Crippen LogP contribution >= 0.6 is 11.6 Å². The van der Waals surface area contributed by atoms with Crippen molar-refractivity contribution in [2.45, 2.75) is 6.92 Å². The van der Waals surface area contributed by atoms with Crippen molar-refractivity contribution in [1.29, 1.82) is 5.26 Å². The van der Waals surface area contributed by atoms with E-state index in [2.05, 4.69) is 5.10 Å². The fraction of sp³-hybridized carbons (Fsp3) is 0.0909. The zero-order valence-electron chi connectivity index (χ0n) is 8.61.